The summed E-state index contributed by atoms with van der Waals surface area (Å²) < 4.78 is 11.8. The summed E-state index contributed by atoms with van der Waals surface area (Å²) in [6.07, 6.45) is 11.4. The van der Waals surface area contributed by atoms with Crippen molar-refractivity contribution >= 4 is 5.91 Å². The second kappa shape index (κ2) is 14.8. The van der Waals surface area contributed by atoms with Gasteiger partial charge in [-0.2, -0.15) is 0 Å². The average Bonchev–Trinajstić information content (AvgIpc) is 2.82. The molecule has 0 saturated heterocycles. The molecule has 0 aliphatic rings. The first kappa shape index (κ1) is 26.0. The van der Waals surface area contributed by atoms with Crippen LogP contribution >= 0.6 is 0 Å². The van der Waals surface area contributed by atoms with Crippen LogP contribution < -0.4 is 9.47 Å². The van der Waals surface area contributed by atoms with Gasteiger partial charge in [0.15, 0.2) is 0 Å². The lowest BCUT2D eigenvalue weighted by atomic mass is 10.1. The van der Waals surface area contributed by atoms with Gasteiger partial charge >= 0.3 is 0 Å². The van der Waals surface area contributed by atoms with Crippen LogP contribution in [0.25, 0.3) is 0 Å². The highest BCUT2D eigenvalue weighted by Crippen LogP contribution is 2.35. The molecular formula is C28H37NO4. The lowest BCUT2D eigenvalue weighted by Crippen LogP contribution is -2.27. The Morgan fingerprint density at radius 2 is 1.67 bits per heavy atom. The normalized spacial score (nSPS) is 10.5. The molecule has 178 valence electrons. The molecule has 2 aromatic carbocycles. The highest BCUT2D eigenvalue weighted by atomic mass is 16.5. The number of hydrogen-bond donors (Lipinski definition) is 1. The number of carbonyl (C=O) groups is 1. The summed E-state index contributed by atoms with van der Waals surface area (Å²) in [5.41, 5.74) is 1.16. The number of rotatable bonds is 16. The number of likely N-dealkylation sites (N-methyl/N-ethyl adjacent to an activating group) is 1. The summed E-state index contributed by atoms with van der Waals surface area (Å²) in [7, 11) is 1.67. The number of carbonyl (C=O) groups excluding carboxylic acids is 1. The second-order valence-corrected chi connectivity index (χ2v) is 8.11. The number of benzene rings is 2. The van der Waals surface area contributed by atoms with Gasteiger partial charge in [-0.3, -0.25) is 4.79 Å². The third-order valence-corrected chi connectivity index (χ3v) is 5.33. The van der Waals surface area contributed by atoms with Gasteiger partial charge < -0.3 is 19.5 Å². The number of hydrogen-bond acceptors (Lipinski definition) is 4. The second-order valence-electron chi connectivity index (χ2n) is 8.11. The van der Waals surface area contributed by atoms with Crippen LogP contribution in [0.4, 0.5) is 0 Å². The van der Waals surface area contributed by atoms with Gasteiger partial charge in [0.1, 0.15) is 29.4 Å². The molecule has 1 amide bonds. The molecule has 0 fully saturated rings. The fourth-order valence-corrected chi connectivity index (χ4v) is 3.48. The minimum atomic E-state index is -0.320. The molecule has 0 radical (unpaired) electrons. The van der Waals surface area contributed by atoms with Crippen molar-refractivity contribution < 1.29 is 19.4 Å². The first-order valence-corrected chi connectivity index (χ1v) is 11.7. The van der Waals surface area contributed by atoms with E-state index in [-0.39, 0.29) is 17.2 Å². The Hall–Kier alpha value is -3.21. The van der Waals surface area contributed by atoms with Crippen LogP contribution in [0.15, 0.2) is 67.8 Å². The predicted molar refractivity (Wildman–Crippen MR) is 134 cm³/mol. The SMILES string of the molecule is C=CCCCCCCCCOc1cc(OCc2ccccc2)cc(O)c1C(=O)N(C)CC=C. The van der Waals surface area contributed by atoms with Gasteiger partial charge in [-0.25, -0.2) is 0 Å². The van der Waals surface area contributed by atoms with E-state index in [0.717, 1.165) is 31.2 Å². The Balaban J connectivity index is 2.03. The molecule has 5 heteroatoms. The molecule has 5 nitrogen and oxygen atoms in total. The number of ether oxygens (including phenoxy) is 2. The van der Waals surface area contributed by atoms with E-state index in [0.29, 0.717) is 31.3 Å². The zero-order valence-corrected chi connectivity index (χ0v) is 19.8. The smallest absolute Gasteiger partial charge is 0.261 e. The number of allylic oxidation sites excluding steroid dienone is 1. The zero-order chi connectivity index (χ0) is 23.9. The molecule has 0 aliphatic heterocycles. The third kappa shape index (κ3) is 9.05. The molecule has 33 heavy (non-hydrogen) atoms. The largest absolute Gasteiger partial charge is 0.507 e. The summed E-state index contributed by atoms with van der Waals surface area (Å²) in [6.45, 7) is 8.63. The van der Waals surface area contributed by atoms with E-state index in [1.54, 1.807) is 19.2 Å². The highest BCUT2D eigenvalue weighted by molar-refractivity contribution is 5.99. The molecule has 0 heterocycles. The topological polar surface area (TPSA) is 59.0 Å². The minimum absolute atomic E-state index is 0.149. The van der Waals surface area contributed by atoms with Crippen molar-refractivity contribution in [2.24, 2.45) is 0 Å². The Morgan fingerprint density at radius 3 is 2.36 bits per heavy atom. The maximum Gasteiger partial charge on any atom is 0.261 e. The van der Waals surface area contributed by atoms with Gasteiger partial charge in [0.05, 0.1) is 6.61 Å². The van der Waals surface area contributed by atoms with Crippen LogP contribution in [0.5, 0.6) is 17.2 Å². The predicted octanol–water partition coefficient (Wildman–Crippen LogP) is 6.52. The van der Waals surface area contributed by atoms with Crippen molar-refractivity contribution in [1.82, 2.24) is 4.90 Å². The van der Waals surface area contributed by atoms with E-state index < -0.39 is 0 Å². The van der Waals surface area contributed by atoms with Crippen LogP contribution in [0, 0.1) is 0 Å². The molecule has 0 unspecified atom stereocenters. The number of unbranched alkanes of at least 4 members (excludes halogenated alkanes) is 6. The van der Waals surface area contributed by atoms with Crippen molar-refractivity contribution in [1.29, 1.82) is 0 Å². The quantitative estimate of drug-likeness (QED) is 0.233. The Labute approximate surface area is 198 Å². The average molecular weight is 452 g/mol. The standard InChI is InChI=1S/C28H37NO4/c1-4-6-7-8-9-10-11-15-19-32-26-21-24(33-22-23-16-13-12-14-17-23)20-25(30)27(26)28(31)29(3)18-5-2/h4-5,12-14,16-17,20-21,30H,1-2,6-11,15,18-19,22H2,3H3. The molecule has 2 aromatic rings. The fraction of sp³-hybridized carbons (Fsp3) is 0.393. The summed E-state index contributed by atoms with van der Waals surface area (Å²) in [5, 5.41) is 10.7. The molecule has 0 bridgehead atoms. The molecule has 0 aliphatic carbocycles. The van der Waals surface area contributed by atoms with Gasteiger partial charge in [0.2, 0.25) is 0 Å². The van der Waals surface area contributed by atoms with Crippen molar-refractivity contribution in [3.63, 3.8) is 0 Å². The lowest BCUT2D eigenvalue weighted by molar-refractivity contribution is 0.0802. The molecule has 0 spiro atoms. The van der Waals surface area contributed by atoms with Crippen LogP contribution in [-0.4, -0.2) is 36.1 Å². The highest BCUT2D eigenvalue weighted by Gasteiger charge is 2.22. The third-order valence-electron chi connectivity index (χ3n) is 5.33. The van der Waals surface area contributed by atoms with Gasteiger partial charge in [-0.05, 0) is 24.8 Å². The van der Waals surface area contributed by atoms with Crippen molar-refractivity contribution in [2.45, 2.75) is 51.6 Å². The Bertz CT molecular complexity index is 879. The summed E-state index contributed by atoms with van der Waals surface area (Å²) >= 11 is 0. The van der Waals surface area contributed by atoms with Crippen LogP contribution in [0.1, 0.15) is 60.9 Å². The van der Waals surface area contributed by atoms with Crippen molar-refractivity contribution in [2.75, 3.05) is 20.2 Å². The molecule has 0 saturated carbocycles. The number of aromatic hydroxyl groups is 1. The van der Waals surface area contributed by atoms with E-state index in [1.807, 2.05) is 36.4 Å². The van der Waals surface area contributed by atoms with E-state index in [4.69, 9.17) is 9.47 Å². The lowest BCUT2D eigenvalue weighted by Gasteiger charge is -2.20. The zero-order valence-electron chi connectivity index (χ0n) is 19.8. The number of phenolic OH excluding ortho intramolecular Hbond substituents is 1. The molecular weight excluding hydrogens is 414 g/mol. The van der Waals surface area contributed by atoms with Gasteiger partial charge in [0.25, 0.3) is 5.91 Å². The monoisotopic (exact) mass is 451 g/mol. The van der Waals surface area contributed by atoms with E-state index in [1.165, 1.54) is 30.2 Å². The van der Waals surface area contributed by atoms with E-state index >= 15 is 0 Å². The van der Waals surface area contributed by atoms with Crippen LogP contribution in [0.2, 0.25) is 0 Å². The first-order chi connectivity index (χ1) is 16.1. The molecule has 0 atom stereocenters. The van der Waals surface area contributed by atoms with Gasteiger partial charge in [0, 0.05) is 25.7 Å². The van der Waals surface area contributed by atoms with Crippen molar-refractivity contribution in [3.8, 4) is 17.2 Å². The summed E-state index contributed by atoms with van der Waals surface area (Å²) in [5.74, 6) is 0.319. The summed E-state index contributed by atoms with van der Waals surface area (Å²) in [6, 6.07) is 12.9. The fourth-order valence-electron chi connectivity index (χ4n) is 3.48. The Kier molecular flexibility index (Phi) is 11.7. The summed E-state index contributed by atoms with van der Waals surface area (Å²) in [4.78, 5) is 14.4. The maximum absolute atomic E-state index is 12.9. The number of nitrogens with zero attached hydrogens (tertiary/aromatic N) is 1. The van der Waals surface area contributed by atoms with E-state index in [9.17, 15) is 9.90 Å². The Morgan fingerprint density at radius 1 is 0.970 bits per heavy atom. The number of phenols is 1. The van der Waals surface area contributed by atoms with Crippen LogP contribution in [0.3, 0.4) is 0 Å². The van der Waals surface area contributed by atoms with Gasteiger partial charge in [-0.15, -0.1) is 13.2 Å². The van der Waals surface area contributed by atoms with Crippen LogP contribution in [-0.2, 0) is 6.61 Å². The van der Waals surface area contributed by atoms with E-state index in [2.05, 4.69) is 13.2 Å². The molecule has 0 aromatic heterocycles. The van der Waals surface area contributed by atoms with Crippen molar-refractivity contribution in [3.05, 3.63) is 78.9 Å². The number of amides is 1. The molecule has 2 rings (SSSR count). The molecule has 1 N–H and O–H groups in total. The minimum Gasteiger partial charge on any atom is -0.507 e. The maximum atomic E-state index is 12.9. The van der Waals surface area contributed by atoms with Gasteiger partial charge in [-0.1, -0.05) is 68.2 Å². The first-order valence-electron chi connectivity index (χ1n) is 11.7.